The van der Waals surface area contributed by atoms with Gasteiger partial charge in [-0.2, -0.15) is 0 Å². The molecular weight excluding hydrogens is 212 g/mol. The first-order valence-corrected chi connectivity index (χ1v) is 5.25. The molecule has 6 nitrogen and oxygen atoms in total. The number of nitrogens with two attached hydrogens (primary N) is 1. The van der Waals surface area contributed by atoms with Crippen LogP contribution in [-0.2, 0) is 11.3 Å². The molecule has 2 atom stereocenters. The van der Waals surface area contributed by atoms with E-state index in [-0.39, 0.29) is 24.6 Å². The molecule has 0 saturated heterocycles. The van der Waals surface area contributed by atoms with Gasteiger partial charge in [0.05, 0.1) is 12.2 Å². The second-order valence-corrected chi connectivity index (χ2v) is 4.00. The van der Waals surface area contributed by atoms with Gasteiger partial charge in [0.25, 0.3) is 0 Å². The van der Waals surface area contributed by atoms with Crippen molar-refractivity contribution in [1.29, 1.82) is 0 Å². The van der Waals surface area contributed by atoms with E-state index in [0.29, 0.717) is 5.76 Å². The molecule has 0 aromatic carbocycles. The van der Waals surface area contributed by atoms with E-state index in [9.17, 15) is 10.1 Å². The van der Waals surface area contributed by atoms with Crippen LogP contribution in [0.15, 0.2) is 16.5 Å². The maximum atomic E-state index is 10.4. The van der Waals surface area contributed by atoms with E-state index >= 15 is 0 Å². The Kier molecular flexibility index (Phi) is 3.21. The molecule has 1 aromatic heterocycles. The average molecular weight is 226 g/mol. The molecule has 1 aliphatic rings. The highest BCUT2D eigenvalue weighted by atomic mass is 16.6. The second-order valence-electron chi connectivity index (χ2n) is 4.00. The fourth-order valence-corrected chi connectivity index (χ4v) is 1.87. The van der Waals surface area contributed by atoms with Crippen molar-refractivity contribution in [3.05, 3.63) is 28.0 Å². The molecule has 6 heteroatoms. The third-order valence-corrected chi connectivity index (χ3v) is 2.71. The Bertz CT molecular complexity index is 377. The number of furan rings is 1. The van der Waals surface area contributed by atoms with Crippen LogP contribution in [0.5, 0.6) is 0 Å². The van der Waals surface area contributed by atoms with Crippen molar-refractivity contribution < 1.29 is 14.1 Å². The number of ether oxygens (including phenoxy) is 1. The van der Waals surface area contributed by atoms with Crippen molar-refractivity contribution in [2.75, 3.05) is 0 Å². The molecule has 2 unspecified atom stereocenters. The zero-order valence-electron chi connectivity index (χ0n) is 8.80. The maximum absolute atomic E-state index is 10.4. The molecule has 0 radical (unpaired) electrons. The summed E-state index contributed by atoms with van der Waals surface area (Å²) in [6.07, 6.45) is 2.93. The van der Waals surface area contributed by atoms with Crippen LogP contribution in [0.25, 0.3) is 0 Å². The predicted molar refractivity (Wildman–Crippen MR) is 55.8 cm³/mol. The molecule has 0 amide bonds. The third kappa shape index (κ3) is 2.59. The SMILES string of the molecule is NC1CCC(OCc2ccc([N+](=O)[O-])o2)C1. The van der Waals surface area contributed by atoms with Gasteiger partial charge >= 0.3 is 5.88 Å². The number of rotatable bonds is 4. The summed E-state index contributed by atoms with van der Waals surface area (Å²) >= 11 is 0. The van der Waals surface area contributed by atoms with Gasteiger partial charge in [0.15, 0.2) is 0 Å². The lowest BCUT2D eigenvalue weighted by Crippen LogP contribution is -2.17. The van der Waals surface area contributed by atoms with E-state index in [1.54, 1.807) is 6.07 Å². The molecule has 1 fully saturated rings. The fourth-order valence-electron chi connectivity index (χ4n) is 1.87. The van der Waals surface area contributed by atoms with Crippen LogP contribution in [0.1, 0.15) is 25.0 Å². The Labute approximate surface area is 92.5 Å². The molecule has 0 spiro atoms. The van der Waals surface area contributed by atoms with E-state index in [2.05, 4.69) is 0 Å². The Morgan fingerprint density at radius 2 is 2.38 bits per heavy atom. The Morgan fingerprint density at radius 3 is 2.94 bits per heavy atom. The zero-order valence-corrected chi connectivity index (χ0v) is 8.80. The van der Waals surface area contributed by atoms with Gasteiger partial charge in [0.1, 0.15) is 17.3 Å². The van der Waals surface area contributed by atoms with Gasteiger partial charge in [-0.25, -0.2) is 0 Å². The maximum Gasteiger partial charge on any atom is 0.433 e. The van der Waals surface area contributed by atoms with Gasteiger partial charge < -0.3 is 14.9 Å². The summed E-state index contributed by atoms with van der Waals surface area (Å²) in [6, 6.07) is 3.11. The summed E-state index contributed by atoms with van der Waals surface area (Å²) < 4.78 is 10.5. The molecule has 0 aliphatic heterocycles. The molecule has 1 aliphatic carbocycles. The van der Waals surface area contributed by atoms with Gasteiger partial charge in [-0.1, -0.05) is 0 Å². The number of nitro groups is 1. The number of nitrogens with zero attached hydrogens (tertiary/aromatic N) is 1. The lowest BCUT2D eigenvalue weighted by atomic mass is 10.3. The summed E-state index contributed by atoms with van der Waals surface area (Å²) in [4.78, 5) is 9.81. The van der Waals surface area contributed by atoms with Crippen LogP contribution in [0.4, 0.5) is 5.88 Å². The van der Waals surface area contributed by atoms with Crippen LogP contribution < -0.4 is 5.73 Å². The first kappa shape index (κ1) is 11.1. The second kappa shape index (κ2) is 4.63. The largest absolute Gasteiger partial charge is 0.433 e. The van der Waals surface area contributed by atoms with Crippen LogP contribution in [0.2, 0.25) is 0 Å². The third-order valence-electron chi connectivity index (χ3n) is 2.71. The van der Waals surface area contributed by atoms with Crippen molar-refractivity contribution >= 4 is 5.88 Å². The van der Waals surface area contributed by atoms with Crippen molar-refractivity contribution in [2.45, 2.75) is 38.0 Å². The van der Waals surface area contributed by atoms with Crippen molar-refractivity contribution in [3.63, 3.8) is 0 Å². The molecule has 0 bridgehead atoms. The van der Waals surface area contributed by atoms with Crippen LogP contribution in [0, 0.1) is 10.1 Å². The average Bonchev–Trinajstić information content (AvgIpc) is 2.83. The van der Waals surface area contributed by atoms with E-state index < -0.39 is 4.92 Å². The Balaban J connectivity index is 1.83. The summed E-state index contributed by atoms with van der Waals surface area (Å²) in [5.41, 5.74) is 5.75. The van der Waals surface area contributed by atoms with Gasteiger partial charge in [-0.05, 0) is 25.3 Å². The standard InChI is InChI=1S/C10H14N2O4/c11-7-1-2-8(5-7)15-6-9-3-4-10(16-9)12(13)14/h3-4,7-8H,1-2,5-6,11H2. The van der Waals surface area contributed by atoms with Crippen molar-refractivity contribution in [2.24, 2.45) is 5.73 Å². The highest BCUT2D eigenvalue weighted by Crippen LogP contribution is 2.23. The first-order valence-electron chi connectivity index (χ1n) is 5.25. The minimum atomic E-state index is -0.561. The number of hydrogen-bond donors (Lipinski definition) is 1. The molecule has 1 aromatic rings. The Hall–Kier alpha value is -1.40. The van der Waals surface area contributed by atoms with Gasteiger partial charge in [0.2, 0.25) is 0 Å². The minimum Gasteiger partial charge on any atom is -0.403 e. The van der Waals surface area contributed by atoms with Crippen LogP contribution in [0.3, 0.4) is 0 Å². The van der Waals surface area contributed by atoms with E-state index in [1.165, 1.54) is 6.07 Å². The molecule has 88 valence electrons. The van der Waals surface area contributed by atoms with E-state index in [0.717, 1.165) is 19.3 Å². The van der Waals surface area contributed by atoms with Crippen LogP contribution in [-0.4, -0.2) is 17.1 Å². The predicted octanol–water partition coefficient (Wildman–Crippen LogP) is 1.58. The summed E-state index contributed by atoms with van der Waals surface area (Å²) in [6.45, 7) is 0.269. The van der Waals surface area contributed by atoms with Gasteiger partial charge in [-0.15, -0.1) is 0 Å². The van der Waals surface area contributed by atoms with Gasteiger partial charge in [0, 0.05) is 6.04 Å². The van der Waals surface area contributed by atoms with Crippen molar-refractivity contribution in [1.82, 2.24) is 0 Å². The lowest BCUT2D eigenvalue weighted by Gasteiger charge is -2.09. The highest BCUT2D eigenvalue weighted by Gasteiger charge is 2.22. The highest BCUT2D eigenvalue weighted by molar-refractivity contribution is 5.17. The zero-order chi connectivity index (χ0) is 11.5. The molecule has 2 N–H and O–H groups in total. The van der Waals surface area contributed by atoms with Crippen LogP contribution >= 0.6 is 0 Å². The smallest absolute Gasteiger partial charge is 0.403 e. The summed E-state index contributed by atoms with van der Waals surface area (Å²) in [7, 11) is 0. The normalized spacial score (nSPS) is 24.8. The summed E-state index contributed by atoms with van der Waals surface area (Å²) in [5.74, 6) is 0.230. The molecule has 1 saturated carbocycles. The minimum absolute atomic E-state index is 0.152. The Morgan fingerprint density at radius 1 is 1.56 bits per heavy atom. The molecule has 2 rings (SSSR count). The quantitative estimate of drug-likeness (QED) is 0.621. The monoisotopic (exact) mass is 226 g/mol. The lowest BCUT2D eigenvalue weighted by molar-refractivity contribution is -0.402. The van der Waals surface area contributed by atoms with E-state index in [4.69, 9.17) is 14.9 Å². The van der Waals surface area contributed by atoms with Crippen molar-refractivity contribution in [3.8, 4) is 0 Å². The first-order chi connectivity index (χ1) is 7.65. The molecule has 1 heterocycles. The topological polar surface area (TPSA) is 91.5 Å². The summed E-state index contributed by atoms with van der Waals surface area (Å²) in [5, 5.41) is 10.4. The van der Waals surface area contributed by atoms with Gasteiger partial charge in [-0.3, -0.25) is 10.1 Å². The van der Waals surface area contributed by atoms with E-state index in [1.807, 2.05) is 0 Å². The molecular formula is C10H14N2O4. The number of hydrogen-bond acceptors (Lipinski definition) is 5. The molecule has 16 heavy (non-hydrogen) atoms. The fraction of sp³-hybridized carbons (Fsp3) is 0.600.